The third kappa shape index (κ3) is 6.61. The van der Waals surface area contributed by atoms with E-state index in [0.717, 1.165) is 6.54 Å². The lowest BCUT2D eigenvalue weighted by atomic mass is 10.2. The van der Waals surface area contributed by atoms with Gasteiger partial charge in [-0.25, -0.2) is 5.01 Å². The van der Waals surface area contributed by atoms with Crippen molar-refractivity contribution in [2.45, 2.75) is 13.8 Å². The van der Waals surface area contributed by atoms with Crippen LogP contribution in [-0.2, 0) is 0 Å². The van der Waals surface area contributed by atoms with Gasteiger partial charge in [-0.3, -0.25) is 5.84 Å². The van der Waals surface area contributed by atoms with Crippen molar-refractivity contribution in [2.75, 3.05) is 39.4 Å². The number of phenolic OH excluding ortho intramolecular Hbond substituents is 1. The van der Waals surface area contributed by atoms with Crippen molar-refractivity contribution in [1.29, 1.82) is 5.26 Å². The van der Waals surface area contributed by atoms with Crippen molar-refractivity contribution in [1.82, 2.24) is 10.3 Å². The number of likely N-dealkylation sites (N-methyl/N-ethyl adjacent to an activating group) is 2. The number of nitrogens with two attached hydrogens (primary N) is 1. The highest BCUT2D eigenvalue weighted by atomic mass is 16.5. The van der Waals surface area contributed by atoms with Crippen molar-refractivity contribution in [3.8, 4) is 29.3 Å². The lowest BCUT2D eigenvalue weighted by molar-refractivity contribution is 0.211. The molecule has 4 N–H and O–H groups in total. The molecule has 0 spiro atoms. The summed E-state index contributed by atoms with van der Waals surface area (Å²) in [4.78, 5) is 0. The molecule has 1 rings (SSSR count). The molecule has 0 aromatic heterocycles. The summed E-state index contributed by atoms with van der Waals surface area (Å²) in [6, 6.07) is 2.88. The molecule has 0 saturated carbocycles. The quantitative estimate of drug-likeness (QED) is 0.237. The van der Waals surface area contributed by atoms with Crippen LogP contribution < -0.4 is 25.4 Å². The first-order valence-electron chi connectivity index (χ1n) is 7.51. The van der Waals surface area contributed by atoms with Crippen LogP contribution in [0.3, 0.4) is 0 Å². The standard InChI is InChI=1S/C15H24N4O4/c1-3-18-5-7-21-13-9-12(23-11-16)10-14(15(13)20)22-8-6-19(17)4-2/h9-10,18,20H,3-8,17H2,1-2H3. The number of benzene rings is 1. The first-order valence-corrected chi connectivity index (χ1v) is 7.51. The Morgan fingerprint density at radius 1 is 1.26 bits per heavy atom. The maximum absolute atomic E-state index is 10.2. The van der Waals surface area contributed by atoms with Crippen molar-refractivity contribution in [3.63, 3.8) is 0 Å². The third-order valence-electron chi connectivity index (χ3n) is 3.01. The lowest BCUT2D eigenvalue weighted by Gasteiger charge is -2.16. The van der Waals surface area contributed by atoms with Crippen LogP contribution in [0, 0.1) is 11.5 Å². The Balaban J connectivity index is 2.77. The average Bonchev–Trinajstić information content (AvgIpc) is 2.55. The zero-order valence-corrected chi connectivity index (χ0v) is 13.5. The second-order valence-electron chi connectivity index (χ2n) is 4.64. The molecule has 0 amide bonds. The predicted octanol–water partition coefficient (Wildman–Crippen LogP) is 0.815. The van der Waals surface area contributed by atoms with E-state index >= 15 is 0 Å². The molecule has 0 unspecified atom stereocenters. The second kappa shape index (κ2) is 10.5. The van der Waals surface area contributed by atoms with Gasteiger partial charge in [0.25, 0.3) is 6.26 Å². The lowest BCUT2D eigenvalue weighted by Crippen LogP contribution is -2.34. The minimum absolute atomic E-state index is 0.133. The zero-order chi connectivity index (χ0) is 17.1. The molecule has 0 atom stereocenters. The molecule has 23 heavy (non-hydrogen) atoms. The molecule has 8 nitrogen and oxygen atoms in total. The minimum atomic E-state index is -0.133. The van der Waals surface area contributed by atoms with Gasteiger partial charge in [0, 0.05) is 31.8 Å². The summed E-state index contributed by atoms with van der Waals surface area (Å²) in [7, 11) is 0. The number of hydrazine groups is 1. The molecule has 0 heterocycles. The van der Waals surface area contributed by atoms with E-state index in [1.165, 1.54) is 12.1 Å². The van der Waals surface area contributed by atoms with Crippen LogP contribution in [0.25, 0.3) is 0 Å². The normalized spacial score (nSPS) is 10.4. The van der Waals surface area contributed by atoms with Gasteiger partial charge in [-0.1, -0.05) is 13.8 Å². The summed E-state index contributed by atoms with van der Waals surface area (Å²) in [6.45, 7) is 7.20. The Morgan fingerprint density at radius 2 is 1.91 bits per heavy atom. The number of hydrogen-bond acceptors (Lipinski definition) is 8. The number of nitriles is 1. The van der Waals surface area contributed by atoms with Gasteiger partial charge in [0.05, 0.1) is 0 Å². The van der Waals surface area contributed by atoms with E-state index in [1.54, 1.807) is 11.3 Å². The van der Waals surface area contributed by atoms with E-state index < -0.39 is 0 Å². The highest BCUT2D eigenvalue weighted by Gasteiger charge is 2.14. The number of rotatable bonds is 11. The highest BCUT2D eigenvalue weighted by molar-refractivity contribution is 5.55. The monoisotopic (exact) mass is 324 g/mol. The average molecular weight is 324 g/mol. The largest absolute Gasteiger partial charge is 0.502 e. The van der Waals surface area contributed by atoms with Gasteiger partial charge < -0.3 is 24.6 Å². The summed E-state index contributed by atoms with van der Waals surface area (Å²) in [6.07, 6.45) is 1.58. The summed E-state index contributed by atoms with van der Waals surface area (Å²) in [5, 5.41) is 23.5. The summed E-state index contributed by atoms with van der Waals surface area (Å²) >= 11 is 0. The highest BCUT2D eigenvalue weighted by Crippen LogP contribution is 2.40. The number of ether oxygens (including phenoxy) is 3. The van der Waals surface area contributed by atoms with E-state index in [-0.39, 0.29) is 29.6 Å². The van der Waals surface area contributed by atoms with Gasteiger partial charge in [0.2, 0.25) is 5.75 Å². The van der Waals surface area contributed by atoms with Gasteiger partial charge in [-0.15, -0.1) is 5.26 Å². The van der Waals surface area contributed by atoms with E-state index in [9.17, 15) is 5.11 Å². The Hall–Kier alpha value is -2.21. The molecule has 0 bridgehead atoms. The fraction of sp³-hybridized carbons (Fsp3) is 0.533. The van der Waals surface area contributed by atoms with E-state index in [2.05, 4.69) is 5.32 Å². The molecule has 128 valence electrons. The summed E-state index contributed by atoms with van der Waals surface area (Å²) in [5.74, 6) is 6.15. The molecule has 0 radical (unpaired) electrons. The Labute approximate surface area is 136 Å². The Kier molecular flexibility index (Phi) is 8.60. The number of phenols is 1. The fourth-order valence-electron chi connectivity index (χ4n) is 1.73. The first-order chi connectivity index (χ1) is 11.1. The zero-order valence-electron chi connectivity index (χ0n) is 13.5. The number of aromatic hydroxyl groups is 1. The van der Waals surface area contributed by atoms with Crippen molar-refractivity contribution in [2.24, 2.45) is 5.84 Å². The maximum Gasteiger partial charge on any atom is 0.292 e. The number of nitrogens with zero attached hydrogens (tertiary/aromatic N) is 2. The second-order valence-corrected chi connectivity index (χ2v) is 4.64. The van der Waals surface area contributed by atoms with Crippen LogP contribution in [0.1, 0.15) is 13.8 Å². The summed E-state index contributed by atoms with van der Waals surface area (Å²) < 4.78 is 15.8. The topological polar surface area (TPSA) is 113 Å². The number of hydrogen-bond donors (Lipinski definition) is 3. The van der Waals surface area contributed by atoms with Crippen molar-refractivity contribution < 1.29 is 19.3 Å². The molecular weight excluding hydrogens is 300 g/mol. The van der Waals surface area contributed by atoms with Crippen LogP contribution in [0.4, 0.5) is 0 Å². The molecule has 0 aliphatic heterocycles. The third-order valence-corrected chi connectivity index (χ3v) is 3.01. The molecule has 0 saturated heterocycles. The molecule has 0 fully saturated rings. The first kappa shape index (κ1) is 18.8. The minimum Gasteiger partial charge on any atom is -0.502 e. The van der Waals surface area contributed by atoms with Crippen LogP contribution in [0.15, 0.2) is 12.1 Å². The predicted molar refractivity (Wildman–Crippen MR) is 85.3 cm³/mol. The van der Waals surface area contributed by atoms with Gasteiger partial charge in [-0.05, 0) is 6.54 Å². The fourth-order valence-corrected chi connectivity index (χ4v) is 1.73. The maximum atomic E-state index is 10.2. The van der Waals surface area contributed by atoms with Gasteiger partial charge in [0.1, 0.15) is 19.0 Å². The van der Waals surface area contributed by atoms with Crippen molar-refractivity contribution >= 4 is 0 Å². The Bertz CT molecular complexity index is 519. The van der Waals surface area contributed by atoms with E-state index in [1.807, 2.05) is 13.8 Å². The molecule has 0 aliphatic carbocycles. The smallest absolute Gasteiger partial charge is 0.292 e. The van der Waals surface area contributed by atoms with Gasteiger partial charge >= 0.3 is 0 Å². The van der Waals surface area contributed by atoms with E-state index in [0.29, 0.717) is 26.2 Å². The SMILES string of the molecule is CCNCCOc1cc(OC#N)cc(OCCN(N)CC)c1O. The van der Waals surface area contributed by atoms with E-state index in [4.69, 9.17) is 25.3 Å². The molecular formula is C15H24N4O4. The Morgan fingerprint density at radius 3 is 2.48 bits per heavy atom. The van der Waals surface area contributed by atoms with Crippen LogP contribution in [0.2, 0.25) is 0 Å². The van der Waals surface area contributed by atoms with Gasteiger partial charge in [0.15, 0.2) is 11.5 Å². The molecule has 8 heteroatoms. The molecule has 1 aromatic rings. The number of nitrogens with one attached hydrogen (secondary N) is 1. The van der Waals surface area contributed by atoms with Crippen LogP contribution >= 0.6 is 0 Å². The van der Waals surface area contributed by atoms with Crippen molar-refractivity contribution in [3.05, 3.63) is 12.1 Å². The summed E-state index contributed by atoms with van der Waals surface area (Å²) in [5.41, 5.74) is 0. The van der Waals surface area contributed by atoms with Gasteiger partial charge in [-0.2, -0.15) is 0 Å². The molecule has 1 aromatic carbocycles. The van der Waals surface area contributed by atoms with Crippen LogP contribution in [-0.4, -0.2) is 49.5 Å². The van der Waals surface area contributed by atoms with Crippen LogP contribution in [0.5, 0.6) is 23.0 Å². The molecule has 0 aliphatic rings.